The Morgan fingerprint density at radius 1 is 0.939 bits per heavy atom. The van der Waals surface area contributed by atoms with Crippen LogP contribution in [-0.2, 0) is 16.0 Å². The largest absolute Gasteiger partial charge is 0.496 e. The minimum absolute atomic E-state index is 0.157. The standard InChI is InChI=1S/C28H24N2O3/c1-32-25-13-6-5-11-24(25)26(23-12-7-9-21-8-3-4-10-22(21)23)28(19-29,27(31)33-2)18-20-14-16-30-17-15-20/h3-17,26H,18H2,1-2H3/t26-,28+/m0/s1. The number of hydrogen-bond donors (Lipinski definition) is 0. The van der Waals surface area contributed by atoms with Crippen LogP contribution in [0.3, 0.4) is 0 Å². The Labute approximate surface area is 193 Å². The molecule has 0 aliphatic carbocycles. The highest BCUT2D eigenvalue weighted by molar-refractivity contribution is 5.90. The minimum atomic E-state index is -1.55. The number of esters is 1. The van der Waals surface area contributed by atoms with Crippen molar-refractivity contribution in [1.82, 2.24) is 4.98 Å². The fourth-order valence-electron chi connectivity index (χ4n) is 4.55. The highest BCUT2D eigenvalue weighted by Crippen LogP contribution is 2.48. The van der Waals surface area contributed by atoms with Gasteiger partial charge in [0.25, 0.3) is 0 Å². The summed E-state index contributed by atoms with van der Waals surface area (Å²) in [6.45, 7) is 0. The molecule has 0 saturated heterocycles. The van der Waals surface area contributed by atoms with Gasteiger partial charge in [-0.05, 0) is 40.1 Å². The van der Waals surface area contributed by atoms with E-state index in [1.165, 1.54) is 7.11 Å². The van der Waals surface area contributed by atoms with Gasteiger partial charge < -0.3 is 9.47 Å². The zero-order chi connectivity index (χ0) is 23.3. The van der Waals surface area contributed by atoms with Crippen molar-refractivity contribution in [2.24, 2.45) is 5.41 Å². The number of hydrogen-bond acceptors (Lipinski definition) is 5. The molecule has 0 saturated carbocycles. The van der Waals surface area contributed by atoms with Crippen molar-refractivity contribution >= 4 is 16.7 Å². The molecule has 0 spiro atoms. The van der Waals surface area contributed by atoms with E-state index in [-0.39, 0.29) is 6.42 Å². The average molecular weight is 437 g/mol. The lowest BCUT2D eigenvalue weighted by Gasteiger charge is -2.35. The van der Waals surface area contributed by atoms with Gasteiger partial charge in [0.05, 0.1) is 20.3 Å². The van der Waals surface area contributed by atoms with Crippen LogP contribution in [0.5, 0.6) is 5.75 Å². The zero-order valence-corrected chi connectivity index (χ0v) is 18.6. The fourth-order valence-corrected chi connectivity index (χ4v) is 4.55. The molecule has 3 aromatic carbocycles. The van der Waals surface area contributed by atoms with Crippen molar-refractivity contribution in [3.63, 3.8) is 0 Å². The molecule has 4 aromatic rings. The van der Waals surface area contributed by atoms with Crippen LogP contribution in [0.2, 0.25) is 0 Å². The lowest BCUT2D eigenvalue weighted by molar-refractivity contribution is -0.150. The third-order valence-electron chi connectivity index (χ3n) is 6.06. The highest BCUT2D eigenvalue weighted by atomic mass is 16.5. The third kappa shape index (κ3) is 4.04. The van der Waals surface area contributed by atoms with Crippen LogP contribution in [0.25, 0.3) is 10.8 Å². The van der Waals surface area contributed by atoms with Crippen molar-refractivity contribution in [3.05, 3.63) is 108 Å². The smallest absolute Gasteiger partial charge is 0.327 e. The number of benzene rings is 3. The number of aromatic nitrogens is 1. The first-order valence-corrected chi connectivity index (χ1v) is 10.6. The predicted octanol–water partition coefficient (Wildman–Crippen LogP) is 5.30. The lowest BCUT2D eigenvalue weighted by atomic mass is 9.65. The van der Waals surface area contributed by atoms with Crippen molar-refractivity contribution in [3.8, 4) is 11.8 Å². The molecule has 0 bridgehead atoms. The zero-order valence-electron chi connectivity index (χ0n) is 18.6. The highest BCUT2D eigenvalue weighted by Gasteiger charge is 2.50. The van der Waals surface area contributed by atoms with Crippen LogP contribution >= 0.6 is 0 Å². The van der Waals surface area contributed by atoms with Crippen molar-refractivity contribution in [2.45, 2.75) is 12.3 Å². The molecule has 1 aromatic heterocycles. The van der Waals surface area contributed by atoms with E-state index < -0.39 is 17.3 Å². The van der Waals surface area contributed by atoms with Crippen LogP contribution in [0.15, 0.2) is 91.3 Å². The molecule has 0 fully saturated rings. The van der Waals surface area contributed by atoms with Gasteiger partial charge in [-0.2, -0.15) is 5.26 Å². The number of para-hydroxylation sites is 1. The summed E-state index contributed by atoms with van der Waals surface area (Å²) in [5, 5.41) is 12.7. The van der Waals surface area contributed by atoms with Gasteiger partial charge in [0.1, 0.15) is 5.75 Å². The number of pyridine rings is 1. The van der Waals surface area contributed by atoms with Gasteiger partial charge in [0, 0.05) is 30.3 Å². The first-order chi connectivity index (χ1) is 16.1. The van der Waals surface area contributed by atoms with E-state index in [2.05, 4.69) is 11.1 Å². The molecule has 4 rings (SSSR count). The number of carbonyl (C=O) groups excluding carboxylic acids is 1. The average Bonchev–Trinajstić information content (AvgIpc) is 2.88. The predicted molar refractivity (Wildman–Crippen MR) is 127 cm³/mol. The third-order valence-corrected chi connectivity index (χ3v) is 6.06. The molecule has 0 unspecified atom stereocenters. The number of nitriles is 1. The Balaban J connectivity index is 2.07. The molecule has 0 aliphatic rings. The SMILES string of the molecule is COC(=O)[C@@](C#N)(Cc1ccncc1)[C@H](c1ccccc1OC)c1cccc2ccccc12. The molecular formula is C28H24N2O3. The first kappa shape index (κ1) is 22.0. The number of ether oxygens (including phenoxy) is 2. The van der Waals surface area contributed by atoms with Crippen molar-refractivity contribution < 1.29 is 14.3 Å². The van der Waals surface area contributed by atoms with E-state index >= 15 is 0 Å². The second kappa shape index (κ2) is 9.54. The molecule has 5 heteroatoms. The summed E-state index contributed by atoms with van der Waals surface area (Å²) < 4.78 is 11.0. The summed E-state index contributed by atoms with van der Waals surface area (Å²) in [6, 6.07) is 27.4. The van der Waals surface area contributed by atoms with Gasteiger partial charge in [0.15, 0.2) is 5.41 Å². The van der Waals surface area contributed by atoms with E-state index in [1.54, 1.807) is 19.5 Å². The maximum absolute atomic E-state index is 13.5. The summed E-state index contributed by atoms with van der Waals surface area (Å²) in [4.78, 5) is 17.6. The van der Waals surface area contributed by atoms with Gasteiger partial charge in [-0.15, -0.1) is 0 Å². The first-order valence-electron chi connectivity index (χ1n) is 10.6. The maximum Gasteiger partial charge on any atom is 0.327 e. The van der Waals surface area contributed by atoms with Crippen LogP contribution in [0.1, 0.15) is 22.6 Å². The Morgan fingerprint density at radius 2 is 1.61 bits per heavy atom. The number of carbonyl (C=O) groups is 1. The lowest BCUT2D eigenvalue weighted by Crippen LogP contribution is -2.40. The quantitative estimate of drug-likeness (QED) is 0.368. The number of fused-ring (bicyclic) bond motifs is 1. The summed E-state index contributed by atoms with van der Waals surface area (Å²) in [5.41, 5.74) is 0.877. The van der Waals surface area contributed by atoms with E-state index in [9.17, 15) is 10.1 Å². The van der Waals surface area contributed by atoms with Gasteiger partial charge in [-0.1, -0.05) is 60.7 Å². The Kier molecular flexibility index (Phi) is 6.37. The molecule has 0 aliphatic heterocycles. The molecule has 1 heterocycles. The van der Waals surface area contributed by atoms with Crippen molar-refractivity contribution in [2.75, 3.05) is 14.2 Å². The van der Waals surface area contributed by atoms with Crippen LogP contribution in [0, 0.1) is 16.7 Å². The maximum atomic E-state index is 13.5. The molecule has 2 atom stereocenters. The number of nitrogens with zero attached hydrogens (tertiary/aromatic N) is 2. The molecule has 5 nitrogen and oxygen atoms in total. The second-order valence-electron chi connectivity index (χ2n) is 7.85. The number of rotatable bonds is 7. The van der Waals surface area contributed by atoms with Crippen LogP contribution in [-0.4, -0.2) is 25.2 Å². The van der Waals surface area contributed by atoms with Crippen LogP contribution in [0.4, 0.5) is 0 Å². The van der Waals surface area contributed by atoms with Gasteiger partial charge in [0.2, 0.25) is 0 Å². The topological polar surface area (TPSA) is 72.2 Å². The molecule has 0 N–H and O–H groups in total. The second-order valence-corrected chi connectivity index (χ2v) is 7.85. The van der Waals surface area contributed by atoms with E-state index in [4.69, 9.17) is 9.47 Å². The normalized spacial score (nSPS) is 13.5. The van der Waals surface area contributed by atoms with Gasteiger partial charge in [-0.3, -0.25) is 9.78 Å². The molecule has 0 amide bonds. The summed E-state index contributed by atoms with van der Waals surface area (Å²) in [7, 11) is 2.91. The molecule has 164 valence electrons. The van der Waals surface area contributed by atoms with E-state index in [0.29, 0.717) is 5.75 Å². The van der Waals surface area contributed by atoms with E-state index in [0.717, 1.165) is 27.5 Å². The molecule has 0 radical (unpaired) electrons. The number of methoxy groups -OCH3 is 2. The van der Waals surface area contributed by atoms with Gasteiger partial charge >= 0.3 is 5.97 Å². The van der Waals surface area contributed by atoms with E-state index in [1.807, 2.05) is 78.9 Å². The minimum Gasteiger partial charge on any atom is -0.496 e. The van der Waals surface area contributed by atoms with Gasteiger partial charge in [-0.25, -0.2) is 0 Å². The fraction of sp³-hybridized carbons (Fsp3) is 0.179. The molecular weight excluding hydrogens is 412 g/mol. The Morgan fingerprint density at radius 3 is 2.33 bits per heavy atom. The summed E-state index contributed by atoms with van der Waals surface area (Å²) in [6.07, 6.45) is 3.47. The molecule has 33 heavy (non-hydrogen) atoms. The monoisotopic (exact) mass is 436 g/mol. The summed E-state index contributed by atoms with van der Waals surface area (Å²) >= 11 is 0. The van der Waals surface area contributed by atoms with Crippen molar-refractivity contribution in [1.29, 1.82) is 5.26 Å². The van der Waals surface area contributed by atoms with Crippen LogP contribution < -0.4 is 4.74 Å². The Hall–Kier alpha value is -4.17. The summed E-state index contributed by atoms with van der Waals surface area (Å²) in [5.74, 6) is -0.635. The Bertz CT molecular complexity index is 1310.